The van der Waals surface area contributed by atoms with E-state index in [0.29, 0.717) is 12.8 Å². The van der Waals surface area contributed by atoms with Crippen LogP contribution < -0.4 is 0 Å². The highest BCUT2D eigenvalue weighted by Gasteiger charge is 2.52. The van der Waals surface area contributed by atoms with Gasteiger partial charge in [0.25, 0.3) is 0 Å². The number of imide groups is 1. The van der Waals surface area contributed by atoms with Crippen molar-refractivity contribution in [2.45, 2.75) is 64.3 Å². The predicted octanol–water partition coefficient (Wildman–Crippen LogP) is 1.95. The molecule has 0 bridgehead atoms. The van der Waals surface area contributed by atoms with Crippen molar-refractivity contribution in [1.82, 2.24) is 4.90 Å². The van der Waals surface area contributed by atoms with Gasteiger partial charge in [0.15, 0.2) is 0 Å². The minimum absolute atomic E-state index is 0.183. The average Bonchev–Trinajstić information content (AvgIpc) is 2.75. The monoisotopic (exact) mass is 267 g/mol. The van der Waals surface area contributed by atoms with Gasteiger partial charge >= 0.3 is 5.97 Å². The minimum atomic E-state index is -1.41. The van der Waals surface area contributed by atoms with Crippen LogP contribution in [0.3, 0.4) is 0 Å². The number of amides is 2. The lowest BCUT2D eigenvalue weighted by atomic mass is 9.75. The van der Waals surface area contributed by atoms with E-state index in [9.17, 15) is 19.5 Å². The smallest absolute Gasteiger partial charge is 0.329 e. The van der Waals surface area contributed by atoms with Crippen molar-refractivity contribution in [1.29, 1.82) is 0 Å². The third-order valence-corrected chi connectivity index (χ3v) is 4.86. The first-order valence-electron chi connectivity index (χ1n) is 6.94. The quantitative estimate of drug-likeness (QED) is 0.793. The second-order valence-electron chi connectivity index (χ2n) is 6.12. The number of carboxylic acids is 1. The fourth-order valence-electron chi connectivity index (χ4n) is 3.44. The van der Waals surface area contributed by atoms with Crippen molar-refractivity contribution >= 4 is 17.8 Å². The fourth-order valence-corrected chi connectivity index (χ4v) is 3.44. The zero-order chi connectivity index (χ0) is 14.3. The van der Waals surface area contributed by atoms with Gasteiger partial charge in [-0.15, -0.1) is 0 Å². The van der Waals surface area contributed by atoms with Gasteiger partial charge in [0.05, 0.1) is 0 Å². The van der Waals surface area contributed by atoms with E-state index in [2.05, 4.69) is 0 Å². The van der Waals surface area contributed by atoms with Crippen LogP contribution in [0.15, 0.2) is 0 Å². The molecule has 1 saturated carbocycles. The number of carboxylic acid groups (broad SMARTS) is 1. The summed E-state index contributed by atoms with van der Waals surface area (Å²) in [5.41, 5.74) is -1.59. The molecule has 2 aliphatic rings. The van der Waals surface area contributed by atoms with E-state index < -0.39 is 11.5 Å². The summed E-state index contributed by atoms with van der Waals surface area (Å²) >= 11 is 0. The number of aliphatic carboxylic acids is 1. The van der Waals surface area contributed by atoms with Crippen LogP contribution in [0.25, 0.3) is 0 Å². The highest BCUT2D eigenvalue weighted by atomic mass is 16.4. The molecule has 0 aromatic carbocycles. The Bertz CT molecular complexity index is 405. The molecule has 0 aromatic heterocycles. The zero-order valence-electron chi connectivity index (χ0n) is 11.6. The molecule has 1 aliphatic heterocycles. The maximum Gasteiger partial charge on any atom is 0.329 e. The molecule has 5 nitrogen and oxygen atoms in total. The molecular weight excluding hydrogens is 246 g/mol. The van der Waals surface area contributed by atoms with Crippen LogP contribution in [0.2, 0.25) is 0 Å². The predicted molar refractivity (Wildman–Crippen MR) is 68.3 cm³/mol. The molecule has 2 rings (SSSR count). The first-order chi connectivity index (χ1) is 8.84. The van der Waals surface area contributed by atoms with Crippen LogP contribution >= 0.6 is 0 Å². The van der Waals surface area contributed by atoms with Crippen molar-refractivity contribution in [3.05, 3.63) is 0 Å². The summed E-state index contributed by atoms with van der Waals surface area (Å²) in [6.45, 7) is 3.15. The van der Waals surface area contributed by atoms with Crippen LogP contribution in [0.4, 0.5) is 0 Å². The SMILES string of the molecule is CCC(C)(C(=O)O)N1C(=O)CC2(CCCC2)CC1=O. The van der Waals surface area contributed by atoms with Gasteiger partial charge in [-0.2, -0.15) is 0 Å². The number of hydrogen-bond donors (Lipinski definition) is 1. The number of hydrogen-bond acceptors (Lipinski definition) is 3. The summed E-state index contributed by atoms with van der Waals surface area (Å²) in [6, 6.07) is 0. The topological polar surface area (TPSA) is 74.7 Å². The lowest BCUT2D eigenvalue weighted by Gasteiger charge is -2.43. The van der Waals surface area contributed by atoms with Crippen LogP contribution in [0.1, 0.15) is 58.8 Å². The molecule has 5 heteroatoms. The summed E-state index contributed by atoms with van der Waals surface area (Å²) in [6.07, 6.45) is 4.81. The molecule has 1 heterocycles. The van der Waals surface area contributed by atoms with Gasteiger partial charge in [0.2, 0.25) is 11.8 Å². The molecule has 1 N–H and O–H groups in total. The van der Waals surface area contributed by atoms with E-state index >= 15 is 0 Å². The van der Waals surface area contributed by atoms with E-state index in [1.165, 1.54) is 6.92 Å². The van der Waals surface area contributed by atoms with E-state index in [1.54, 1.807) is 6.92 Å². The maximum absolute atomic E-state index is 12.3. The Balaban J connectivity index is 2.27. The highest BCUT2D eigenvalue weighted by Crippen LogP contribution is 2.48. The molecule has 106 valence electrons. The van der Waals surface area contributed by atoms with E-state index in [-0.39, 0.29) is 23.7 Å². The lowest BCUT2D eigenvalue weighted by molar-refractivity contribution is -0.171. The summed E-state index contributed by atoms with van der Waals surface area (Å²) < 4.78 is 0. The molecule has 2 amide bonds. The van der Waals surface area contributed by atoms with E-state index in [1.807, 2.05) is 0 Å². The number of likely N-dealkylation sites (tertiary alicyclic amines) is 1. The Morgan fingerprint density at radius 3 is 2.11 bits per heavy atom. The second kappa shape index (κ2) is 4.62. The molecule has 1 atom stereocenters. The number of piperidine rings is 1. The van der Waals surface area contributed by atoms with Crippen molar-refractivity contribution in [3.63, 3.8) is 0 Å². The van der Waals surface area contributed by atoms with Crippen molar-refractivity contribution < 1.29 is 19.5 Å². The molecule has 1 saturated heterocycles. The number of carbonyl (C=O) groups is 3. The van der Waals surface area contributed by atoms with Gasteiger partial charge in [-0.05, 0) is 31.6 Å². The van der Waals surface area contributed by atoms with Crippen LogP contribution in [0, 0.1) is 5.41 Å². The number of rotatable bonds is 3. The molecule has 0 aromatic rings. The third kappa shape index (κ3) is 2.15. The number of nitrogens with zero attached hydrogens (tertiary/aromatic N) is 1. The van der Waals surface area contributed by atoms with Crippen LogP contribution in [-0.4, -0.2) is 33.3 Å². The first-order valence-corrected chi connectivity index (χ1v) is 6.94. The highest BCUT2D eigenvalue weighted by molar-refractivity contribution is 6.03. The number of carbonyl (C=O) groups excluding carboxylic acids is 2. The second-order valence-corrected chi connectivity index (χ2v) is 6.12. The first kappa shape index (κ1) is 14.0. The Morgan fingerprint density at radius 2 is 1.74 bits per heavy atom. The Labute approximate surface area is 113 Å². The van der Waals surface area contributed by atoms with Gasteiger partial charge in [-0.3, -0.25) is 14.5 Å². The largest absolute Gasteiger partial charge is 0.479 e. The Morgan fingerprint density at radius 1 is 1.26 bits per heavy atom. The minimum Gasteiger partial charge on any atom is -0.479 e. The Hall–Kier alpha value is -1.39. The summed E-state index contributed by atoms with van der Waals surface area (Å²) in [5, 5.41) is 9.33. The van der Waals surface area contributed by atoms with Gasteiger partial charge in [-0.25, -0.2) is 4.79 Å². The van der Waals surface area contributed by atoms with Crippen molar-refractivity contribution in [3.8, 4) is 0 Å². The molecule has 2 fully saturated rings. The standard InChI is InChI=1S/C14H21NO4/c1-3-13(2,12(18)19)15-10(16)8-14(9-11(15)17)6-4-5-7-14/h3-9H2,1-2H3,(H,18,19). The summed E-state index contributed by atoms with van der Waals surface area (Å²) in [4.78, 5) is 37.0. The average molecular weight is 267 g/mol. The normalized spacial score (nSPS) is 25.7. The summed E-state index contributed by atoms with van der Waals surface area (Å²) in [5.74, 6) is -1.74. The van der Waals surface area contributed by atoms with E-state index in [4.69, 9.17) is 0 Å². The van der Waals surface area contributed by atoms with Gasteiger partial charge < -0.3 is 5.11 Å². The molecule has 1 aliphatic carbocycles. The fraction of sp³-hybridized carbons (Fsp3) is 0.786. The van der Waals surface area contributed by atoms with Crippen LogP contribution in [0.5, 0.6) is 0 Å². The molecule has 19 heavy (non-hydrogen) atoms. The third-order valence-electron chi connectivity index (χ3n) is 4.86. The van der Waals surface area contributed by atoms with Gasteiger partial charge in [-0.1, -0.05) is 19.8 Å². The van der Waals surface area contributed by atoms with Crippen LogP contribution in [-0.2, 0) is 14.4 Å². The van der Waals surface area contributed by atoms with E-state index in [0.717, 1.165) is 30.6 Å². The van der Waals surface area contributed by atoms with Gasteiger partial charge in [0.1, 0.15) is 5.54 Å². The van der Waals surface area contributed by atoms with Crippen molar-refractivity contribution in [2.75, 3.05) is 0 Å². The molecule has 0 radical (unpaired) electrons. The summed E-state index contributed by atoms with van der Waals surface area (Å²) in [7, 11) is 0. The maximum atomic E-state index is 12.3. The zero-order valence-corrected chi connectivity index (χ0v) is 11.6. The van der Waals surface area contributed by atoms with Crippen molar-refractivity contribution in [2.24, 2.45) is 5.41 Å². The Kier molecular flexibility index (Phi) is 3.41. The molecular formula is C14H21NO4. The molecule has 1 spiro atoms. The van der Waals surface area contributed by atoms with Gasteiger partial charge in [0, 0.05) is 12.8 Å². The lowest BCUT2D eigenvalue weighted by Crippen LogP contribution is -2.61. The molecule has 1 unspecified atom stereocenters.